The molecule has 0 aromatic heterocycles. The second-order valence-electron chi connectivity index (χ2n) is 14.9. The number of hydrogen-bond donors (Lipinski definition) is 4. The number of aliphatic hydroxyl groups excluding tert-OH is 1. The number of esters is 1. The highest BCUT2D eigenvalue weighted by molar-refractivity contribution is 7.47. The Morgan fingerprint density at radius 2 is 0.868 bits per heavy atom. The molecule has 3 unspecified atom stereocenters. The third-order valence-corrected chi connectivity index (χ3v) is 10.6. The van der Waals surface area contributed by atoms with Crippen LogP contribution in [0.1, 0.15) is 213 Å². The minimum Gasteiger partial charge on any atom is -0.480 e. The van der Waals surface area contributed by atoms with Crippen molar-refractivity contribution in [1.29, 1.82) is 0 Å². The van der Waals surface area contributed by atoms with Crippen LogP contribution >= 0.6 is 7.82 Å². The van der Waals surface area contributed by atoms with Crippen LogP contribution in [0.2, 0.25) is 0 Å². The second-order valence-corrected chi connectivity index (χ2v) is 16.4. The van der Waals surface area contributed by atoms with Gasteiger partial charge in [0.25, 0.3) is 0 Å². The Morgan fingerprint density at radius 1 is 0.528 bits per heavy atom. The summed E-state index contributed by atoms with van der Waals surface area (Å²) in [6, 6.07) is -1.54. The van der Waals surface area contributed by atoms with Crippen molar-refractivity contribution in [2.24, 2.45) is 0 Å². The molecule has 0 aromatic carbocycles. The van der Waals surface area contributed by atoms with Gasteiger partial charge in [0.2, 0.25) is 5.91 Å². The largest absolute Gasteiger partial charge is 0.480 e. The van der Waals surface area contributed by atoms with Crippen LogP contribution < -0.4 is 5.32 Å². The summed E-state index contributed by atoms with van der Waals surface area (Å²) in [6.07, 6.45) is 34.5. The maximum Gasteiger partial charge on any atom is 0.472 e. The molecule has 0 aliphatic carbocycles. The van der Waals surface area contributed by atoms with E-state index < -0.39 is 57.6 Å². The third-order valence-electron chi connectivity index (χ3n) is 9.65. The molecule has 0 radical (unpaired) electrons. The number of amides is 1. The fraction of sp³-hybridized carbons (Fsp3) is 0.927. The summed E-state index contributed by atoms with van der Waals surface area (Å²) in [5.41, 5.74) is 0. The number of phosphoric acid groups is 1. The molecule has 0 bridgehead atoms. The average molecular weight is 778 g/mol. The predicted molar refractivity (Wildman–Crippen MR) is 213 cm³/mol. The standard InChI is InChI=1S/C41H80NO10P/c1-3-5-7-9-11-13-14-15-16-17-18-19-20-21-22-23-24-25-27-29-31-33-40(45)50-34-37(43)35-51-53(48,49)52-36-38(41(46)47)42-39(44)32-30-28-26-12-10-8-6-4-2/h37-38,43H,3-36H2,1-2H3,(H,42,44)(H,46,47)(H,48,49). The summed E-state index contributed by atoms with van der Waals surface area (Å²) in [5.74, 6) is -2.36. The highest BCUT2D eigenvalue weighted by Gasteiger charge is 2.28. The Bertz CT molecular complexity index is 921. The summed E-state index contributed by atoms with van der Waals surface area (Å²) < 4.78 is 26.7. The number of aliphatic hydroxyl groups is 1. The van der Waals surface area contributed by atoms with Gasteiger partial charge in [-0.25, -0.2) is 9.36 Å². The van der Waals surface area contributed by atoms with Crippen molar-refractivity contribution in [3.63, 3.8) is 0 Å². The lowest BCUT2D eigenvalue weighted by Gasteiger charge is -2.18. The highest BCUT2D eigenvalue weighted by atomic mass is 31.2. The number of carboxylic acids is 1. The molecule has 0 heterocycles. The van der Waals surface area contributed by atoms with E-state index in [0.717, 1.165) is 38.5 Å². The summed E-state index contributed by atoms with van der Waals surface area (Å²) in [6.45, 7) is 2.56. The van der Waals surface area contributed by atoms with Crippen LogP contribution in [0, 0.1) is 0 Å². The molecule has 314 valence electrons. The first-order chi connectivity index (χ1) is 25.6. The molecule has 1 amide bonds. The molecule has 0 rings (SSSR count). The Labute approximate surface area is 323 Å². The maximum absolute atomic E-state index is 12.2. The summed E-state index contributed by atoms with van der Waals surface area (Å²) in [7, 11) is -4.74. The number of carbonyl (C=O) groups is 3. The number of rotatable bonds is 41. The van der Waals surface area contributed by atoms with Gasteiger partial charge in [-0.05, 0) is 12.8 Å². The molecule has 0 fully saturated rings. The molecule has 4 N–H and O–H groups in total. The SMILES string of the molecule is CCCCCCCCCCCCCCCCCCCCCCCC(=O)OCC(O)COP(=O)(O)OCC(NC(=O)CCCCCCCCCC)C(=O)O. The van der Waals surface area contributed by atoms with Gasteiger partial charge in [0.1, 0.15) is 12.7 Å². The van der Waals surface area contributed by atoms with E-state index in [2.05, 4.69) is 19.2 Å². The Kier molecular flexibility index (Phi) is 36.3. The second kappa shape index (κ2) is 37.4. The zero-order valence-corrected chi connectivity index (χ0v) is 34.7. The van der Waals surface area contributed by atoms with Gasteiger partial charge in [-0.3, -0.25) is 18.6 Å². The topological polar surface area (TPSA) is 169 Å². The fourth-order valence-electron chi connectivity index (χ4n) is 6.26. The number of carboxylic acid groups (broad SMARTS) is 1. The van der Waals surface area contributed by atoms with Gasteiger partial charge in [-0.15, -0.1) is 0 Å². The van der Waals surface area contributed by atoms with Crippen molar-refractivity contribution < 1.29 is 47.8 Å². The van der Waals surface area contributed by atoms with Crippen molar-refractivity contribution in [3.05, 3.63) is 0 Å². The van der Waals surface area contributed by atoms with Gasteiger partial charge < -0.3 is 25.2 Å². The smallest absolute Gasteiger partial charge is 0.472 e. The molecule has 0 aliphatic heterocycles. The molecular formula is C41H80NO10P. The van der Waals surface area contributed by atoms with Crippen LogP contribution in [0.15, 0.2) is 0 Å². The summed E-state index contributed by atoms with van der Waals surface area (Å²) in [4.78, 5) is 45.6. The Morgan fingerprint density at radius 3 is 1.25 bits per heavy atom. The zero-order chi connectivity index (χ0) is 39.3. The third kappa shape index (κ3) is 37.2. The van der Waals surface area contributed by atoms with E-state index in [9.17, 15) is 34.1 Å². The first kappa shape index (κ1) is 51.5. The minimum absolute atomic E-state index is 0.149. The van der Waals surface area contributed by atoms with E-state index in [4.69, 9.17) is 13.8 Å². The van der Waals surface area contributed by atoms with Gasteiger partial charge >= 0.3 is 19.8 Å². The number of phosphoric ester groups is 1. The van der Waals surface area contributed by atoms with Gasteiger partial charge in [0.05, 0.1) is 13.2 Å². The molecule has 0 saturated heterocycles. The number of nitrogens with one attached hydrogen (secondary N) is 1. The van der Waals surface area contributed by atoms with Crippen molar-refractivity contribution in [2.45, 2.75) is 225 Å². The molecule has 0 spiro atoms. The first-order valence-corrected chi connectivity index (χ1v) is 23.1. The number of carbonyl (C=O) groups excluding carboxylic acids is 2. The van der Waals surface area contributed by atoms with Crippen molar-refractivity contribution >= 4 is 25.7 Å². The Hall–Kier alpha value is -1.52. The van der Waals surface area contributed by atoms with Crippen molar-refractivity contribution in [1.82, 2.24) is 5.32 Å². The quantitative estimate of drug-likeness (QED) is 0.0266. The molecule has 0 aromatic rings. The lowest BCUT2D eigenvalue weighted by molar-refractivity contribution is -0.147. The number of unbranched alkanes of at least 4 members (excludes halogenated alkanes) is 27. The van der Waals surface area contributed by atoms with E-state index >= 15 is 0 Å². The molecular weight excluding hydrogens is 697 g/mol. The van der Waals surface area contributed by atoms with E-state index in [-0.39, 0.29) is 12.8 Å². The molecule has 11 nitrogen and oxygen atoms in total. The first-order valence-electron chi connectivity index (χ1n) is 21.6. The van der Waals surface area contributed by atoms with Gasteiger partial charge in [0, 0.05) is 12.8 Å². The zero-order valence-electron chi connectivity index (χ0n) is 33.8. The lowest BCUT2D eigenvalue weighted by Crippen LogP contribution is -2.43. The van der Waals surface area contributed by atoms with E-state index in [0.29, 0.717) is 12.8 Å². The average Bonchev–Trinajstić information content (AvgIpc) is 3.13. The molecule has 53 heavy (non-hydrogen) atoms. The normalized spacial score (nSPS) is 13.7. The maximum atomic E-state index is 12.2. The highest BCUT2D eigenvalue weighted by Crippen LogP contribution is 2.43. The van der Waals surface area contributed by atoms with E-state index in [1.54, 1.807) is 0 Å². The lowest BCUT2D eigenvalue weighted by atomic mass is 10.0. The molecule has 12 heteroatoms. The summed E-state index contributed by atoms with van der Waals surface area (Å²) in [5, 5.41) is 21.7. The van der Waals surface area contributed by atoms with Crippen LogP contribution in [0.3, 0.4) is 0 Å². The van der Waals surface area contributed by atoms with Crippen LogP contribution in [-0.4, -0.2) is 64.9 Å². The van der Waals surface area contributed by atoms with Gasteiger partial charge in [-0.1, -0.05) is 187 Å². The van der Waals surface area contributed by atoms with Crippen LogP contribution in [-0.2, 0) is 32.7 Å². The number of ether oxygens (including phenoxy) is 1. The predicted octanol–water partition coefficient (Wildman–Crippen LogP) is 10.7. The monoisotopic (exact) mass is 778 g/mol. The van der Waals surface area contributed by atoms with Gasteiger partial charge in [0.15, 0.2) is 6.04 Å². The fourth-order valence-corrected chi connectivity index (χ4v) is 7.03. The van der Waals surface area contributed by atoms with Crippen molar-refractivity contribution in [3.8, 4) is 0 Å². The van der Waals surface area contributed by atoms with E-state index in [1.165, 1.54) is 135 Å². The molecule has 3 atom stereocenters. The molecule has 0 aliphatic rings. The van der Waals surface area contributed by atoms with Crippen molar-refractivity contribution in [2.75, 3.05) is 19.8 Å². The van der Waals surface area contributed by atoms with Gasteiger partial charge in [-0.2, -0.15) is 0 Å². The number of hydrogen-bond acceptors (Lipinski definition) is 8. The molecule has 0 saturated carbocycles. The van der Waals surface area contributed by atoms with E-state index in [1.807, 2.05) is 0 Å². The van der Waals surface area contributed by atoms with Crippen LogP contribution in [0.5, 0.6) is 0 Å². The minimum atomic E-state index is -4.74. The number of aliphatic carboxylic acids is 1. The van der Waals surface area contributed by atoms with Crippen LogP contribution in [0.4, 0.5) is 0 Å². The van der Waals surface area contributed by atoms with Crippen LogP contribution in [0.25, 0.3) is 0 Å². The Balaban J connectivity index is 3.76. The summed E-state index contributed by atoms with van der Waals surface area (Å²) >= 11 is 0.